The van der Waals surface area contributed by atoms with E-state index in [4.69, 9.17) is 5.11 Å². The summed E-state index contributed by atoms with van der Waals surface area (Å²) in [5.74, 6) is -0.860. The predicted molar refractivity (Wildman–Crippen MR) is 54.4 cm³/mol. The van der Waals surface area contributed by atoms with Crippen molar-refractivity contribution >= 4 is 15.8 Å². The van der Waals surface area contributed by atoms with Gasteiger partial charge in [0.05, 0.1) is 11.0 Å². The van der Waals surface area contributed by atoms with E-state index in [-0.39, 0.29) is 11.8 Å². The van der Waals surface area contributed by atoms with E-state index in [2.05, 4.69) is 0 Å². The van der Waals surface area contributed by atoms with Gasteiger partial charge in [0.25, 0.3) is 0 Å². The van der Waals surface area contributed by atoms with E-state index in [9.17, 15) is 13.2 Å². The summed E-state index contributed by atoms with van der Waals surface area (Å²) in [6, 6.07) is -0.880. The Kier molecular flexibility index (Phi) is 2.50. The van der Waals surface area contributed by atoms with Crippen LogP contribution in [0.25, 0.3) is 0 Å². The van der Waals surface area contributed by atoms with Crippen LogP contribution >= 0.6 is 0 Å². The Hall–Kier alpha value is -0.620. The monoisotopic (exact) mass is 233 g/mol. The minimum absolute atomic E-state index is 0.0685. The van der Waals surface area contributed by atoms with Crippen LogP contribution in [0, 0.1) is 0 Å². The van der Waals surface area contributed by atoms with Crippen LogP contribution in [0.5, 0.6) is 0 Å². The highest BCUT2D eigenvalue weighted by molar-refractivity contribution is 7.92. The summed E-state index contributed by atoms with van der Waals surface area (Å²) in [5, 5.41) is 8.38. The van der Waals surface area contributed by atoms with Gasteiger partial charge in [-0.25, -0.2) is 8.42 Å². The van der Waals surface area contributed by atoms with E-state index in [0.29, 0.717) is 13.0 Å². The third-order valence-corrected chi connectivity index (χ3v) is 5.53. The van der Waals surface area contributed by atoms with E-state index < -0.39 is 27.1 Å². The number of likely N-dealkylation sites (tertiary alicyclic amines) is 1. The summed E-state index contributed by atoms with van der Waals surface area (Å²) in [7, 11) is -3.16. The number of carbonyl (C=O) groups is 1. The van der Waals surface area contributed by atoms with E-state index in [1.165, 1.54) is 0 Å². The van der Waals surface area contributed by atoms with Gasteiger partial charge in [0.2, 0.25) is 0 Å². The molecule has 5 nitrogen and oxygen atoms in total. The van der Waals surface area contributed by atoms with Crippen molar-refractivity contribution in [2.24, 2.45) is 0 Å². The quantitative estimate of drug-likeness (QED) is 0.725. The molecule has 2 fully saturated rings. The molecule has 0 saturated carbocycles. The Bertz CT molecular complexity index is 378. The Morgan fingerprint density at radius 3 is 2.73 bits per heavy atom. The van der Waals surface area contributed by atoms with Gasteiger partial charge in [-0.1, -0.05) is 6.92 Å². The van der Waals surface area contributed by atoms with Crippen molar-refractivity contribution in [3.63, 3.8) is 0 Å². The molecule has 0 amide bonds. The molecule has 0 aliphatic carbocycles. The van der Waals surface area contributed by atoms with E-state index in [1.807, 2.05) is 11.8 Å². The summed E-state index contributed by atoms with van der Waals surface area (Å²) in [6.45, 7) is 2.65. The molecule has 2 aliphatic heterocycles. The van der Waals surface area contributed by atoms with Crippen LogP contribution in [0.4, 0.5) is 0 Å². The highest BCUT2D eigenvalue weighted by Crippen LogP contribution is 2.38. The summed E-state index contributed by atoms with van der Waals surface area (Å²) >= 11 is 0. The number of carboxylic acids is 1. The maximum absolute atomic E-state index is 11.6. The molecule has 2 rings (SSSR count). The number of nitrogens with zero attached hydrogens (tertiary/aromatic N) is 1. The number of hydrogen-bond donors (Lipinski definition) is 1. The van der Waals surface area contributed by atoms with Gasteiger partial charge in [0, 0.05) is 6.04 Å². The second-order valence-electron chi connectivity index (χ2n) is 4.28. The van der Waals surface area contributed by atoms with Crippen molar-refractivity contribution in [1.82, 2.24) is 4.90 Å². The first-order chi connectivity index (χ1) is 6.97. The van der Waals surface area contributed by atoms with Gasteiger partial charge in [-0.15, -0.1) is 0 Å². The largest absolute Gasteiger partial charge is 0.480 e. The van der Waals surface area contributed by atoms with Crippen LogP contribution in [0.3, 0.4) is 0 Å². The molecule has 2 heterocycles. The lowest BCUT2D eigenvalue weighted by Gasteiger charge is -2.31. The topological polar surface area (TPSA) is 74.7 Å². The lowest BCUT2D eigenvalue weighted by atomic mass is 10.2. The van der Waals surface area contributed by atoms with Gasteiger partial charge < -0.3 is 5.11 Å². The number of aliphatic carboxylic acids is 1. The first-order valence-electron chi connectivity index (χ1n) is 5.17. The number of hydrogen-bond acceptors (Lipinski definition) is 4. The van der Waals surface area contributed by atoms with Crippen LogP contribution in [-0.2, 0) is 14.6 Å². The van der Waals surface area contributed by atoms with Crippen molar-refractivity contribution in [1.29, 1.82) is 0 Å². The van der Waals surface area contributed by atoms with Crippen molar-refractivity contribution < 1.29 is 18.3 Å². The van der Waals surface area contributed by atoms with Crippen molar-refractivity contribution in [3.05, 3.63) is 0 Å². The third-order valence-electron chi connectivity index (χ3n) is 3.30. The van der Waals surface area contributed by atoms with Gasteiger partial charge in [0.1, 0.15) is 6.04 Å². The average molecular weight is 233 g/mol. The zero-order chi connectivity index (χ0) is 11.2. The molecule has 1 N–H and O–H groups in total. The molecule has 0 aromatic rings. The molecule has 0 aromatic carbocycles. The Morgan fingerprint density at radius 1 is 1.53 bits per heavy atom. The van der Waals surface area contributed by atoms with E-state index in [0.717, 1.165) is 6.42 Å². The molecular formula is C9H15NO4S. The summed E-state index contributed by atoms with van der Waals surface area (Å²) in [5.41, 5.74) is 0. The van der Waals surface area contributed by atoms with E-state index in [1.54, 1.807) is 0 Å². The maximum atomic E-state index is 11.6. The summed E-state index contributed by atoms with van der Waals surface area (Å²) in [4.78, 5) is 12.9. The molecule has 15 heavy (non-hydrogen) atoms. The second kappa shape index (κ2) is 3.45. The minimum Gasteiger partial charge on any atom is -0.480 e. The molecular weight excluding hydrogens is 218 g/mol. The highest BCUT2D eigenvalue weighted by Gasteiger charge is 2.57. The van der Waals surface area contributed by atoms with Crippen LogP contribution < -0.4 is 0 Å². The lowest BCUT2D eigenvalue weighted by molar-refractivity contribution is -0.142. The van der Waals surface area contributed by atoms with Crippen LogP contribution in [0.2, 0.25) is 0 Å². The van der Waals surface area contributed by atoms with Crippen molar-refractivity contribution in [2.45, 2.75) is 37.1 Å². The Balaban J connectivity index is 2.29. The number of carboxylic acid groups (broad SMARTS) is 1. The SMILES string of the molecule is CCCN1C2CC(C1C(=O)O)S(=O)(=O)C2. The fourth-order valence-corrected chi connectivity index (χ4v) is 5.04. The van der Waals surface area contributed by atoms with Gasteiger partial charge in [0.15, 0.2) is 9.84 Å². The molecule has 86 valence electrons. The van der Waals surface area contributed by atoms with Crippen LogP contribution in [0.1, 0.15) is 19.8 Å². The van der Waals surface area contributed by atoms with Gasteiger partial charge in [-0.05, 0) is 19.4 Å². The first kappa shape index (κ1) is 10.9. The zero-order valence-electron chi connectivity index (χ0n) is 8.59. The predicted octanol–water partition coefficient (Wildman–Crippen LogP) is -0.279. The third kappa shape index (κ3) is 1.56. The first-order valence-corrected chi connectivity index (χ1v) is 6.89. The Labute approximate surface area is 89.0 Å². The van der Waals surface area contributed by atoms with Crippen molar-refractivity contribution in [2.75, 3.05) is 12.3 Å². The molecule has 2 saturated heterocycles. The van der Waals surface area contributed by atoms with Gasteiger partial charge >= 0.3 is 5.97 Å². The zero-order valence-corrected chi connectivity index (χ0v) is 9.40. The molecule has 2 aliphatic rings. The normalized spacial score (nSPS) is 38.3. The maximum Gasteiger partial charge on any atom is 0.322 e. The van der Waals surface area contributed by atoms with Gasteiger partial charge in [-0.3, -0.25) is 9.69 Å². The summed E-state index contributed by atoms with van der Waals surface area (Å²) < 4.78 is 23.2. The molecule has 0 radical (unpaired) electrons. The molecule has 6 heteroatoms. The van der Waals surface area contributed by atoms with Gasteiger partial charge in [-0.2, -0.15) is 0 Å². The van der Waals surface area contributed by atoms with Crippen molar-refractivity contribution in [3.8, 4) is 0 Å². The molecule has 2 bridgehead atoms. The molecule has 0 spiro atoms. The van der Waals surface area contributed by atoms with Crippen LogP contribution in [-0.4, -0.2) is 54.0 Å². The second-order valence-corrected chi connectivity index (χ2v) is 6.54. The molecule has 3 atom stereocenters. The standard InChI is InChI=1S/C9H15NO4S/c1-2-3-10-6-4-7(8(10)9(11)12)15(13,14)5-6/h6-8H,2-5H2,1H3,(H,11,12). The Morgan fingerprint density at radius 2 is 2.20 bits per heavy atom. The van der Waals surface area contributed by atoms with E-state index >= 15 is 0 Å². The number of rotatable bonds is 3. The van der Waals surface area contributed by atoms with Crippen LogP contribution in [0.15, 0.2) is 0 Å². The number of fused-ring (bicyclic) bond motifs is 2. The fourth-order valence-electron chi connectivity index (χ4n) is 2.75. The smallest absolute Gasteiger partial charge is 0.322 e. The average Bonchev–Trinajstić information content (AvgIpc) is 2.58. The molecule has 0 aromatic heterocycles. The molecule has 3 unspecified atom stereocenters. The number of sulfone groups is 1. The fraction of sp³-hybridized carbons (Fsp3) is 0.889. The summed E-state index contributed by atoms with van der Waals surface area (Å²) in [6.07, 6.45) is 1.35. The minimum atomic E-state index is -3.16. The highest BCUT2D eigenvalue weighted by atomic mass is 32.2. The lowest BCUT2D eigenvalue weighted by Crippen LogP contribution is -2.52.